The fourth-order valence-corrected chi connectivity index (χ4v) is 2.03. The lowest BCUT2D eigenvalue weighted by Crippen LogP contribution is -2.14. The van der Waals surface area contributed by atoms with Crippen molar-refractivity contribution in [3.63, 3.8) is 0 Å². The molecule has 0 aliphatic heterocycles. The van der Waals surface area contributed by atoms with Gasteiger partial charge in [-0.1, -0.05) is 38.4 Å². The topological polar surface area (TPSA) is 26.3 Å². The van der Waals surface area contributed by atoms with Crippen molar-refractivity contribution in [3.8, 4) is 0 Å². The van der Waals surface area contributed by atoms with Gasteiger partial charge in [-0.05, 0) is 29.5 Å². The van der Waals surface area contributed by atoms with Gasteiger partial charge in [-0.2, -0.15) is 0 Å². The molecule has 0 spiro atoms. The Kier molecular flexibility index (Phi) is 3.64. The third-order valence-corrected chi connectivity index (χ3v) is 2.84. The van der Waals surface area contributed by atoms with Crippen LogP contribution in [0.2, 0.25) is 5.02 Å². The van der Waals surface area contributed by atoms with Gasteiger partial charge in [-0.3, -0.25) is 0 Å². The van der Waals surface area contributed by atoms with E-state index < -0.39 is 0 Å². The highest BCUT2D eigenvalue weighted by Gasteiger charge is 2.20. The van der Waals surface area contributed by atoms with E-state index in [9.17, 15) is 4.79 Å². The number of benzene rings is 1. The number of esters is 1. The molecule has 1 aromatic carbocycles. The number of carbonyl (C=O) groups excluding carboxylic acids is 1. The van der Waals surface area contributed by atoms with Crippen molar-refractivity contribution >= 4 is 17.6 Å². The number of halogens is 1. The number of aryl methyl sites for hydroxylation is 1. The van der Waals surface area contributed by atoms with Crippen LogP contribution >= 0.6 is 11.6 Å². The van der Waals surface area contributed by atoms with Crippen LogP contribution in [0.1, 0.15) is 42.3 Å². The summed E-state index contributed by atoms with van der Waals surface area (Å²) < 4.78 is 4.70. The summed E-state index contributed by atoms with van der Waals surface area (Å²) in [6.07, 6.45) is 0. The van der Waals surface area contributed by atoms with E-state index in [-0.39, 0.29) is 11.4 Å². The number of methoxy groups -OCH3 is 1. The molecule has 0 saturated carbocycles. The van der Waals surface area contributed by atoms with Crippen LogP contribution in [0.25, 0.3) is 0 Å². The molecule has 2 nitrogen and oxygen atoms in total. The summed E-state index contributed by atoms with van der Waals surface area (Å²) in [5, 5.41) is 0.610. The van der Waals surface area contributed by atoms with Gasteiger partial charge in [0.1, 0.15) is 0 Å². The molecule has 0 N–H and O–H groups in total. The molecule has 1 rings (SSSR count). The Morgan fingerprint density at radius 1 is 1.31 bits per heavy atom. The molecule has 0 radical (unpaired) electrons. The maximum absolute atomic E-state index is 11.5. The minimum Gasteiger partial charge on any atom is -0.465 e. The zero-order valence-electron chi connectivity index (χ0n) is 10.3. The summed E-state index contributed by atoms with van der Waals surface area (Å²) in [7, 11) is 1.37. The Morgan fingerprint density at radius 3 is 2.31 bits per heavy atom. The van der Waals surface area contributed by atoms with E-state index in [4.69, 9.17) is 16.3 Å². The molecule has 0 atom stereocenters. The van der Waals surface area contributed by atoms with Crippen molar-refractivity contribution in [1.29, 1.82) is 0 Å². The van der Waals surface area contributed by atoms with Crippen LogP contribution in [0, 0.1) is 6.92 Å². The Morgan fingerprint density at radius 2 is 1.88 bits per heavy atom. The number of hydrogen-bond donors (Lipinski definition) is 0. The fourth-order valence-electron chi connectivity index (χ4n) is 1.59. The van der Waals surface area contributed by atoms with Gasteiger partial charge in [-0.15, -0.1) is 0 Å². The van der Waals surface area contributed by atoms with Crippen molar-refractivity contribution in [2.75, 3.05) is 7.11 Å². The first kappa shape index (κ1) is 13.0. The number of ether oxygens (including phenoxy) is 1. The number of hydrogen-bond acceptors (Lipinski definition) is 2. The summed E-state index contributed by atoms with van der Waals surface area (Å²) in [6, 6.07) is 3.64. The lowest BCUT2D eigenvalue weighted by Gasteiger charge is -2.22. The quantitative estimate of drug-likeness (QED) is 0.699. The standard InChI is InChI=1S/C13H17ClO2/c1-8-6-10(13(2,3)4)11(14)7-9(8)12(15)16-5/h6-7H,1-5H3. The molecule has 0 aliphatic rings. The summed E-state index contributed by atoms with van der Waals surface area (Å²) in [5.74, 6) is -0.347. The van der Waals surface area contributed by atoms with Crippen LogP contribution in [0.4, 0.5) is 0 Å². The molecule has 0 heterocycles. The molecule has 0 aliphatic carbocycles. The highest BCUT2D eigenvalue weighted by Crippen LogP contribution is 2.31. The van der Waals surface area contributed by atoms with E-state index in [1.54, 1.807) is 6.07 Å². The second kappa shape index (κ2) is 4.46. The van der Waals surface area contributed by atoms with E-state index >= 15 is 0 Å². The van der Waals surface area contributed by atoms with Crippen molar-refractivity contribution in [3.05, 3.63) is 33.8 Å². The summed E-state index contributed by atoms with van der Waals surface area (Å²) in [5.41, 5.74) is 2.43. The first-order valence-electron chi connectivity index (χ1n) is 5.16. The van der Waals surface area contributed by atoms with Crippen LogP contribution in [-0.2, 0) is 10.2 Å². The van der Waals surface area contributed by atoms with E-state index in [1.807, 2.05) is 13.0 Å². The molecule has 0 saturated heterocycles. The predicted octanol–water partition coefficient (Wildman–Crippen LogP) is 3.73. The largest absolute Gasteiger partial charge is 0.465 e. The molecule has 0 unspecified atom stereocenters. The first-order valence-corrected chi connectivity index (χ1v) is 5.54. The Hall–Kier alpha value is -1.02. The number of rotatable bonds is 1. The van der Waals surface area contributed by atoms with Gasteiger partial charge in [-0.25, -0.2) is 4.79 Å². The molecule has 16 heavy (non-hydrogen) atoms. The summed E-state index contributed by atoms with van der Waals surface area (Å²) >= 11 is 6.18. The fraction of sp³-hybridized carbons (Fsp3) is 0.462. The minimum atomic E-state index is -0.347. The van der Waals surface area contributed by atoms with E-state index in [0.717, 1.165) is 11.1 Å². The van der Waals surface area contributed by atoms with Gasteiger partial charge < -0.3 is 4.74 Å². The molecule has 0 bridgehead atoms. The normalized spacial score (nSPS) is 11.4. The van der Waals surface area contributed by atoms with Gasteiger partial charge in [0.15, 0.2) is 0 Å². The van der Waals surface area contributed by atoms with Crippen LogP contribution < -0.4 is 0 Å². The van der Waals surface area contributed by atoms with E-state index in [2.05, 4.69) is 20.8 Å². The van der Waals surface area contributed by atoms with Gasteiger partial charge in [0, 0.05) is 5.02 Å². The van der Waals surface area contributed by atoms with Crippen molar-refractivity contribution in [2.24, 2.45) is 0 Å². The second-order valence-electron chi connectivity index (χ2n) is 4.89. The Balaban J connectivity index is 3.33. The molecule has 0 amide bonds. The molecule has 0 aromatic heterocycles. The molecule has 1 aromatic rings. The third-order valence-electron chi connectivity index (χ3n) is 2.53. The van der Waals surface area contributed by atoms with Gasteiger partial charge in [0.2, 0.25) is 0 Å². The average molecular weight is 241 g/mol. The van der Waals surface area contributed by atoms with Gasteiger partial charge >= 0.3 is 5.97 Å². The second-order valence-corrected chi connectivity index (χ2v) is 5.30. The van der Waals surface area contributed by atoms with Crippen molar-refractivity contribution < 1.29 is 9.53 Å². The van der Waals surface area contributed by atoms with Crippen LogP contribution in [0.5, 0.6) is 0 Å². The van der Waals surface area contributed by atoms with Crippen LogP contribution in [-0.4, -0.2) is 13.1 Å². The maximum Gasteiger partial charge on any atom is 0.338 e. The minimum absolute atomic E-state index is 0.0313. The Labute approximate surface area is 102 Å². The van der Waals surface area contributed by atoms with Crippen molar-refractivity contribution in [2.45, 2.75) is 33.1 Å². The zero-order chi connectivity index (χ0) is 12.5. The summed E-state index contributed by atoms with van der Waals surface area (Å²) in [4.78, 5) is 11.5. The summed E-state index contributed by atoms with van der Waals surface area (Å²) in [6.45, 7) is 8.15. The first-order chi connectivity index (χ1) is 7.27. The number of carbonyl (C=O) groups is 1. The maximum atomic E-state index is 11.5. The molecule has 3 heteroatoms. The van der Waals surface area contributed by atoms with Gasteiger partial charge in [0.05, 0.1) is 12.7 Å². The smallest absolute Gasteiger partial charge is 0.338 e. The molecular weight excluding hydrogens is 224 g/mol. The SMILES string of the molecule is COC(=O)c1cc(Cl)c(C(C)(C)C)cc1C. The highest BCUT2D eigenvalue weighted by molar-refractivity contribution is 6.31. The van der Waals surface area contributed by atoms with Crippen molar-refractivity contribution in [1.82, 2.24) is 0 Å². The van der Waals surface area contributed by atoms with Gasteiger partial charge in [0.25, 0.3) is 0 Å². The van der Waals surface area contributed by atoms with Crippen LogP contribution in [0.15, 0.2) is 12.1 Å². The Bertz CT molecular complexity index is 417. The predicted molar refractivity (Wildman–Crippen MR) is 66.2 cm³/mol. The average Bonchev–Trinajstić information content (AvgIpc) is 2.18. The van der Waals surface area contributed by atoms with Crippen LogP contribution in [0.3, 0.4) is 0 Å². The molecule has 0 fully saturated rings. The lowest BCUT2D eigenvalue weighted by atomic mass is 9.85. The third kappa shape index (κ3) is 2.56. The molecular formula is C13H17ClO2. The zero-order valence-corrected chi connectivity index (χ0v) is 11.1. The molecule has 88 valence electrons. The van der Waals surface area contributed by atoms with E-state index in [0.29, 0.717) is 10.6 Å². The highest BCUT2D eigenvalue weighted by atomic mass is 35.5. The lowest BCUT2D eigenvalue weighted by molar-refractivity contribution is 0.0600. The monoisotopic (exact) mass is 240 g/mol. The van der Waals surface area contributed by atoms with E-state index in [1.165, 1.54) is 7.11 Å².